The highest BCUT2D eigenvalue weighted by molar-refractivity contribution is 7.98. The van der Waals surface area contributed by atoms with E-state index in [4.69, 9.17) is 23.2 Å². The first-order valence-electron chi connectivity index (χ1n) is 7.75. The maximum absolute atomic E-state index is 12.8. The van der Waals surface area contributed by atoms with Crippen molar-refractivity contribution in [1.82, 2.24) is 9.55 Å². The lowest BCUT2D eigenvalue weighted by Crippen LogP contribution is -2.29. The van der Waals surface area contributed by atoms with Gasteiger partial charge in [-0.3, -0.25) is 14.2 Å². The number of benzene rings is 1. The van der Waals surface area contributed by atoms with Crippen LogP contribution < -0.4 is 10.9 Å². The lowest BCUT2D eigenvalue weighted by atomic mass is 10.3. The molecule has 9 heteroatoms. The number of aryl methyl sites for hydroxylation is 1. The largest absolute Gasteiger partial charge is 0.323 e. The van der Waals surface area contributed by atoms with E-state index in [-0.39, 0.29) is 23.0 Å². The maximum atomic E-state index is 12.8. The van der Waals surface area contributed by atoms with Crippen LogP contribution in [0, 0.1) is 0 Å². The zero-order valence-electron chi connectivity index (χ0n) is 14.0. The minimum absolute atomic E-state index is 0.155. The smallest absolute Gasteiger partial charge is 0.263 e. The fraction of sp³-hybridized carbons (Fsp3) is 0.235. The van der Waals surface area contributed by atoms with Gasteiger partial charge < -0.3 is 5.32 Å². The Balaban J connectivity index is 1.94. The predicted molar refractivity (Wildman–Crippen MR) is 110 cm³/mol. The van der Waals surface area contributed by atoms with Crippen LogP contribution in [0.15, 0.2) is 34.2 Å². The molecule has 1 aromatic carbocycles. The highest BCUT2D eigenvalue weighted by atomic mass is 35.5. The monoisotopic (exact) mass is 427 g/mol. The lowest BCUT2D eigenvalue weighted by Gasteiger charge is -2.12. The molecule has 0 saturated carbocycles. The summed E-state index contributed by atoms with van der Waals surface area (Å²) in [5, 5.41) is 4.34. The summed E-state index contributed by atoms with van der Waals surface area (Å²) in [7, 11) is 0. The lowest BCUT2D eigenvalue weighted by molar-refractivity contribution is -0.116. The number of fused-ring (bicyclic) bond motifs is 1. The molecule has 3 aromatic rings. The molecule has 0 radical (unpaired) electrons. The molecule has 0 bridgehead atoms. The number of carbonyl (C=O) groups excluding carboxylic acids is 1. The van der Waals surface area contributed by atoms with Crippen LogP contribution in [0.1, 0.15) is 11.8 Å². The van der Waals surface area contributed by atoms with E-state index in [1.807, 2.05) is 19.2 Å². The first-order chi connectivity index (χ1) is 12.4. The van der Waals surface area contributed by atoms with Crippen LogP contribution in [0.2, 0.25) is 10.0 Å². The molecule has 1 amide bonds. The normalized spacial score (nSPS) is 11.1. The highest BCUT2D eigenvalue weighted by Crippen LogP contribution is 2.29. The number of anilines is 1. The van der Waals surface area contributed by atoms with Crippen LogP contribution in [0.3, 0.4) is 0 Å². The first-order valence-corrected chi connectivity index (χ1v) is 10.6. The van der Waals surface area contributed by atoms with Crippen molar-refractivity contribution in [2.24, 2.45) is 0 Å². The third-order valence-corrected chi connectivity index (χ3v) is 6.39. The van der Waals surface area contributed by atoms with E-state index in [2.05, 4.69) is 10.3 Å². The molecule has 2 heterocycles. The van der Waals surface area contributed by atoms with E-state index >= 15 is 0 Å². The molecular weight excluding hydrogens is 413 g/mol. The highest BCUT2D eigenvalue weighted by Gasteiger charge is 2.16. The number of nitrogens with one attached hydrogen (secondary N) is 1. The fourth-order valence-corrected chi connectivity index (χ4v) is 4.36. The van der Waals surface area contributed by atoms with Crippen molar-refractivity contribution in [1.29, 1.82) is 0 Å². The minimum Gasteiger partial charge on any atom is -0.323 e. The molecule has 0 atom stereocenters. The summed E-state index contributed by atoms with van der Waals surface area (Å²) in [6.07, 6.45) is 2.66. The van der Waals surface area contributed by atoms with Crippen molar-refractivity contribution < 1.29 is 4.79 Å². The van der Waals surface area contributed by atoms with Gasteiger partial charge in [0.15, 0.2) is 5.16 Å². The number of aromatic nitrogens is 2. The van der Waals surface area contributed by atoms with Gasteiger partial charge in [-0.1, -0.05) is 48.0 Å². The molecule has 1 N–H and O–H groups in total. The van der Waals surface area contributed by atoms with E-state index in [1.165, 1.54) is 27.7 Å². The summed E-state index contributed by atoms with van der Waals surface area (Å²) in [6, 6.07) is 6.82. The molecule has 3 rings (SSSR count). The third-order valence-electron chi connectivity index (χ3n) is 3.73. The number of thioether (sulfide) groups is 1. The van der Waals surface area contributed by atoms with Gasteiger partial charge in [0.25, 0.3) is 5.56 Å². The molecule has 136 valence electrons. The molecule has 0 spiro atoms. The average molecular weight is 428 g/mol. The zero-order chi connectivity index (χ0) is 18.8. The number of hydrogen-bond acceptors (Lipinski definition) is 5. The number of halogens is 2. The molecule has 26 heavy (non-hydrogen) atoms. The van der Waals surface area contributed by atoms with E-state index in [1.54, 1.807) is 18.2 Å². The topological polar surface area (TPSA) is 64.0 Å². The van der Waals surface area contributed by atoms with E-state index < -0.39 is 0 Å². The number of nitrogens with zero attached hydrogens (tertiary/aromatic N) is 2. The van der Waals surface area contributed by atoms with Crippen LogP contribution in [0.4, 0.5) is 5.69 Å². The van der Waals surface area contributed by atoms with Gasteiger partial charge in [0.2, 0.25) is 5.91 Å². The van der Waals surface area contributed by atoms with E-state index in [0.717, 1.165) is 11.3 Å². The van der Waals surface area contributed by atoms with Crippen molar-refractivity contribution >= 4 is 68.1 Å². The minimum atomic E-state index is -0.376. The third kappa shape index (κ3) is 3.76. The maximum Gasteiger partial charge on any atom is 0.263 e. The first kappa shape index (κ1) is 19.2. The van der Waals surface area contributed by atoms with Crippen molar-refractivity contribution in [3.63, 3.8) is 0 Å². The Labute approximate surface area is 168 Å². The van der Waals surface area contributed by atoms with E-state index in [9.17, 15) is 9.59 Å². The summed E-state index contributed by atoms with van der Waals surface area (Å²) in [4.78, 5) is 31.6. The second kappa shape index (κ2) is 8.00. The molecule has 0 unspecified atom stereocenters. The van der Waals surface area contributed by atoms with Crippen molar-refractivity contribution in [2.75, 3.05) is 11.6 Å². The number of rotatable bonds is 5. The van der Waals surface area contributed by atoms with Crippen molar-refractivity contribution in [2.45, 2.75) is 25.0 Å². The average Bonchev–Trinajstić information content (AvgIpc) is 3.04. The Morgan fingerprint density at radius 1 is 1.38 bits per heavy atom. The summed E-state index contributed by atoms with van der Waals surface area (Å²) in [6.45, 7) is 1.87. The molecular formula is C17H15Cl2N3O2S2. The molecule has 0 saturated heterocycles. The van der Waals surface area contributed by atoms with Crippen LogP contribution in [0.5, 0.6) is 0 Å². The number of hydrogen-bond donors (Lipinski definition) is 1. The summed E-state index contributed by atoms with van der Waals surface area (Å²) < 4.78 is 1.38. The van der Waals surface area contributed by atoms with Gasteiger partial charge in [-0.15, -0.1) is 11.3 Å². The molecule has 0 fully saturated rings. The van der Waals surface area contributed by atoms with Crippen LogP contribution in [-0.2, 0) is 17.8 Å². The number of thiophene rings is 1. The van der Waals surface area contributed by atoms with Gasteiger partial charge in [-0.2, -0.15) is 0 Å². The second-order valence-corrected chi connectivity index (χ2v) is 8.10. The Hall–Kier alpha value is -1.54. The standard InChI is InChI=1S/C17H15Cl2N3O2S2/c1-3-9-7-10-15(26-9)21-17(25-2)22(16(10)24)8-13(23)20-12-6-4-5-11(18)14(12)19/h4-7H,3,8H2,1-2H3,(H,20,23). The number of carbonyl (C=O) groups is 1. The van der Waals surface area contributed by atoms with Gasteiger partial charge in [-0.05, 0) is 30.9 Å². The molecule has 5 nitrogen and oxygen atoms in total. The predicted octanol–water partition coefficient (Wildman–Crippen LogP) is 4.69. The van der Waals surface area contributed by atoms with Gasteiger partial charge in [0, 0.05) is 4.88 Å². The fourth-order valence-electron chi connectivity index (χ4n) is 2.45. The summed E-state index contributed by atoms with van der Waals surface area (Å²) in [5.74, 6) is -0.376. The molecule has 0 aliphatic heterocycles. The SMILES string of the molecule is CCc1cc2c(=O)n(CC(=O)Nc3cccc(Cl)c3Cl)c(SC)nc2s1. The van der Waals surface area contributed by atoms with Gasteiger partial charge >= 0.3 is 0 Å². The Morgan fingerprint density at radius 2 is 2.15 bits per heavy atom. The Kier molecular flexibility index (Phi) is 5.92. The van der Waals surface area contributed by atoms with Crippen molar-refractivity contribution in [3.8, 4) is 0 Å². The van der Waals surface area contributed by atoms with Crippen LogP contribution in [-0.4, -0.2) is 21.7 Å². The van der Waals surface area contributed by atoms with Gasteiger partial charge in [0.1, 0.15) is 11.4 Å². The summed E-state index contributed by atoms with van der Waals surface area (Å²) in [5.41, 5.74) is 0.184. The molecule has 0 aliphatic carbocycles. The quantitative estimate of drug-likeness (QED) is 0.473. The molecule has 0 aliphatic rings. The van der Waals surface area contributed by atoms with Crippen LogP contribution in [0.25, 0.3) is 10.2 Å². The van der Waals surface area contributed by atoms with Gasteiger partial charge in [-0.25, -0.2) is 4.98 Å². The Bertz CT molecular complexity index is 1050. The van der Waals surface area contributed by atoms with Crippen molar-refractivity contribution in [3.05, 3.63) is 49.5 Å². The molecule has 2 aromatic heterocycles. The van der Waals surface area contributed by atoms with Crippen LogP contribution >= 0.6 is 46.3 Å². The number of amides is 1. The Morgan fingerprint density at radius 3 is 2.85 bits per heavy atom. The zero-order valence-corrected chi connectivity index (χ0v) is 17.2. The summed E-state index contributed by atoms with van der Waals surface area (Å²) >= 11 is 14.9. The second-order valence-electron chi connectivity index (χ2n) is 5.42. The van der Waals surface area contributed by atoms with E-state index in [0.29, 0.717) is 26.1 Å². The van der Waals surface area contributed by atoms with Gasteiger partial charge in [0.05, 0.1) is 21.1 Å².